The number of aryl methyl sites for hydroxylation is 2. The zero-order valence-corrected chi connectivity index (χ0v) is 19.1. The average Bonchev–Trinajstić information content (AvgIpc) is 3.35. The van der Waals surface area contributed by atoms with Gasteiger partial charge in [-0.2, -0.15) is 4.31 Å². The van der Waals surface area contributed by atoms with Gasteiger partial charge < -0.3 is 14.3 Å². The molecule has 174 valence electrons. The van der Waals surface area contributed by atoms with E-state index in [1.165, 1.54) is 16.4 Å². The van der Waals surface area contributed by atoms with Gasteiger partial charge >= 0.3 is 11.6 Å². The van der Waals surface area contributed by atoms with Crippen molar-refractivity contribution < 1.29 is 27.5 Å². The van der Waals surface area contributed by atoms with Crippen LogP contribution in [-0.2, 0) is 32.6 Å². The highest BCUT2D eigenvalue weighted by atomic mass is 32.2. The molecular weight excluding hydrogens is 446 g/mol. The third-order valence-electron chi connectivity index (χ3n) is 5.85. The van der Waals surface area contributed by atoms with Gasteiger partial charge in [-0.05, 0) is 56.0 Å². The number of benzene rings is 2. The first kappa shape index (κ1) is 23.0. The van der Waals surface area contributed by atoms with Gasteiger partial charge in [-0.25, -0.2) is 13.2 Å². The Morgan fingerprint density at radius 3 is 2.52 bits per heavy atom. The van der Waals surface area contributed by atoms with Crippen LogP contribution in [0.2, 0.25) is 0 Å². The second-order valence-electron chi connectivity index (χ2n) is 8.09. The largest absolute Gasteiger partial charge is 0.508 e. The fourth-order valence-corrected chi connectivity index (χ4v) is 5.43. The predicted octanol–water partition coefficient (Wildman–Crippen LogP) is 3.27. The van der Waals surface area contributed by atoms with E-state index in [0.717, 1.165) is 18.4 Å². The molecule has 9 heteroatoms. The van der Waals surface area contributed by atoms with Crippen molar-refractivity contribution in [2.24, 2.45) is 0 Å². The molecule has 0 amide bonds. The van der Waals surface area contributed by atoms with Crippen molar-refractivity contribution in [2.75, 3.05) is 13.1 Å². The number of fused-ring (bicyclic) bond motifs is 1. The summed E-state index contributed by atoms with van der Waals surface area (Å²) >= 11 is 0. The molecule has 3 aromatic rings. The van der Waals surface area contributed by atoms with Crippen LogP contribution in [0.1, 0.15) is 36.0 Å². The minimum absolute atomic E-state index is 0.0130. The van der Waals surface area contributed by atoms with E-state index >= 15 is 0 Å². The Morgan fingerprint density at radius 1 is 1.12 bits per heavy atom. The molecule has 1 aliphatic rings. The van der Waals surface area contributed by atoms with E-state index in [2.05, 4.69) is 0 Å². The lowest BCUT2D eigenvalue weighted by atomic mass is 10.1. The van der Waals surface area contributed by atoms with Crippen LogP contribution < -0.4 is 5.63 Å². The molecule has 0 saturated carbocycles. The molecule has 2 heterocycles. The van der Waals surface area contributed by atoms with Gasteiger partial charge in [-0.15, -0.1) is 0 Å². The minimum atomic E-state index is -3.46. The quantitative estimate of drug-likeness (QED) is 0.415. The highest BCUT2D eigenvalue weighted by Gasteiger charge is 2.26. The van der Waals surface area contributed by atoms with E-state index in [9.17, 15) is 23.1 Å². The van der Waals surface area contributed by atoms with Crippen LogP contribution in [0.5, 0.6) is 5.75 Å². The van der Waals surface area contributed by atoms with Crippen LogP contribution >= 0.6 is 0 Å². The van der Waals surface area contributed by atoms with E-state index in [0.29, 0.717) is 36.0 Å². The first-order chi connectivity index (χ1) is 15.8. The molecule has 33 heavy (non-hydrogen) atoms. The molecule has 0 unspecified atom stereocenters. The molecule has 0 radical (unpaired) electrons. The molecule has 8 nitrogen and oxygen atoms in total. The maximum absolute atomic E-state index is 12.6. The molecule has 4 rings (SSSR count). The Kier molecular flexibility index (Phi) is 6.53. The van der Waals surface area contributed by atoms with Crippen LogP contribution in [0.25, 0.3) is 11.0 Å². The summed E-state index contributed by atoms with van der Waals surface area (Å²) in [6.45, 7) is 2.64. The number of hydrogen-bond donors (Lipinski definition) is 1. The number of phenols is 1. The van der Waals surface area contributed by atoms with Crippen molar-refractivity contribution in [3.8, 4) is 5.75 Å². The number of carbonyl (C=O) groups excluding carboxylic acids is 1. The zero-order chi connectivity index (χ0) is 23.6. The average molecular weight is 472 g/mol. The van der Waals surface area contributed by atoms with Gasteiger partial charge in [0.2, 0.25) is 10.0 Å². The lowest BCUT2D eigenvalue weighted by Crippen LogP contribution is -2.27. The lowest BCUT2D eigenvalue weighted by molar-refractivity contribution is -0.144. The summed E-state index contributed by atoms with van der Waals surface area (Å²) < 4.78 is 37.2. The summed E-state index contributed by atoms with van der Waals surface area (Å²) in [5, 5.41) is 10.4. The Hall–Kier alpha value is -3.17. The maximum Gasteiger partial charge on any atom is 0.336 e. The summed E-state index contributed by atoms with van der Waals surface area (Å²) in [7, 11) is -3.46. The van der Waals surface area contributed by atoms with Gasteiger partial charge in [-0.3, -0.25) is 4.79 Å². The molecule has 0 atom stereocenters. The first-order valence-corrected chi connectivity index (χ1v) is 12.2. The Labute approximate surface area is 191 Å². The van der Waals surface area contributed by atoms with Crippen molar-refractivity contribution in [3.05, 3.63) is 69.6 Å². The minimum Gasteiger partial charge on any atom is -0.508 e. The van der Waals surface area contributed by atoms with Crippen molar-refractivity contribution in [3.63, 3.8) is 0 Å². The molecular formula is C24H25NO7S. The molecule has 0 bridgehead atoms. The first-order valence-electron chi connectivity index (χ1n) is 10.8. The molecule has 1 saturated heterocycles. The molecule has 1 fully saturated rings. The summed E-state index contributed by atoms with van der Waals surface area (Å²) in [4.78, 5) is 24.4. The van der Waals surface area contributed by atoms with Crippen LogP contribution in [0, 0.1) is 6.92 Å². The zero-order valence-electron chi connectivity index (χ0n) is 18.2. The van der Waals surface area contributed by atoms with Crippen molar-refractivity contribution in [2.45, 2.75) is 44.1 Å². The van der Waals surface area contributed by atoms with Crippen LogP contribution in [0.15, 0.2) is 56.6 Å². The number of nitrogens with zero attached hydrogens (tertiary/aromatic N) is 1. The second-order valence-corrected chi connectivity index (χ2v) is 10.0. The number of rotatable bonds is 7. The summed E-state index contributed by atoms with van der Waals surface area (Å²) in [5.74, 6) is -0.431. The number of carbonyl (C=O) groups is 1. The Balaban J connectivity index is 1.37. The third-order valence-corrected chi connectivity index (χ3v) is 7.76. The van der Waals surface area contributed by atoms with Crippen molar-refractivity contribution >= 4 is 27.0 Å². The summed E-state index contributed by atoms with van der Waals surface area (Å²) in [6.07, 6.45) is 2.27. The predicted molar refractivity (Wildman–Crippen MR) is 121 cm³/mol. The highest BCUT2D eigenvalue weighted by Crippen LogP contribution is 2.28. The number of phenolic OH excluding ortho intramolecular Hbond substituents is 1. The topological polar surface area (TPSA) is 114 Å². The second kappa shape index (κ2) is 9.36. The van der Waals surface area contributed by atoms with E-state index in [1.54, 1.807) is 37.3 Å². The number of aromatic hydroxyl groups is 1. The van der Waals surface area contributed by atoms with Crippen LogP contribution in [0.4, 0.5) is 0 Å². The highest BCUT2D eigenvalue weighted by molar-refractivity contribution is 7.89. The van der Waals surface area contributed by atoms with E-state index in [4.69, 9.17) is 9.15 Å². The van der Waals surface area contributed by atoms with Crippen LogP contribution in [0.3, 0.4) is 0 Å². The normalized spacial score (nSPS) is 14.6. The lowest BCUT2D eigenvalue weighted by Gasteiger charge is -2.15. The van der Waals surface area contributed by atoms with E-state index in [1.807, 2.05) is 0 Å². The van der Waals surface area contributed by atoms with Gasteiger partial charge in [0.1, 0.15) is 17.9 Å². The van der Waals surface area contributed by atoms with Gasteiger partial charge in [-0.1, -0.05) is 12.1 Å². The number of hydrogen-bond acceptors (Lipinski definition) is 7. The molecule has 0 spiro atoms. The van der Waals surface area contributed by atoms with Gasteiger partial charge in [0, 0.05) is 42.1 Å². The number of ether oxygens (including phenoxy) is 1. The standard InChI is InChI=1S/C24H25NO7S/c1-16-21(26)10-9-20-18(14-23(28)32-24(16)20)15-31-22(27)11-6-17-4-7-19(8-5-17)33(29,30)25-12-2-3-13-25/h4-5,7-10,14,26H,2-3,6,11-13,15H2,1H3. The van der Waals surface area contributed by atoms with Gasteiger partial charge in [0.15, 0.2) is 0 Å². The Morgan fingerprint density at radius 2 is 1.82 bits per heavy atom. The number of sulfonamides is 1. The van der Waals surface area contributed by atoms with Crippen molar-refractivity contribution in [1.82, 2.24) is 4.31 Å². The fraction of sp³-hybridized carbons (Fsp3) is 0.333. The molecule has 1 N–H and O–H groups in total. The van der Waals surface area contributed by atoms with Crippen molar-refractivity contribution in [1.29, 1.82) is 0 Å². The SMILES string of the molecule is Cc1c(O)ccc2c(COC(=O)CCc3ccc(S(=O)(=O)N4CCCC4)cc3)cc(=O)oc12. The Bertz CT molecular complexity index is 1340. The van der Waals surface area contributed by atoms with E-state index in [-0.39, 0.29) is 29.3 Å². The summed E-state index contributed by atoms with van der Waals surface area (Å²) in [5.41, 5.74) is 1.43. The van der Waals surface area contributed by atoms with Gasteiger partial charge in [0.25, 0.3) is 0 Å². The molecule has 0 aliphatic carbocycles. The van der Waals surface area contributed by atoms with E-state index < -0.39 is 21.6 Å². The number of esters is 1. The monoisotopic (exact) mass is 471 g/mol. The molecule has 1 aromatic heterocycles. The smallest absolute Gasteiger partial charge is 0.336 e. The molecule has 1 aliphatic heterocycles. The molecule has 2 aromatic carbocycles. The maximum atomic E-state index is 12.6. The van der Waals surface area contributed by atoms with Crippen LogP contribution in [-0.4, -0.2) is 36.9 Å². The third kappa shape index (κ3) is 4.94. The van der Waals surface area contributed by atoms with Gasteiger partial charge in [0.05, 0.1) is 4.90 Å². The fourth-order valence-electron chi connectivity index (χ4n) is 3.92. The summed E-state index contributed by atoms with van der Waals surface area (Å²) in [6, 6.07) is 10.9.